The van der Waals surface area contributed by atoms with E-state index in [1.807, 2.05) is 0 Å². The molecule has 1 aliphatic rings. The van der Waals surface area contributed by atoms with Gasteiger partial charge < -0.3 is 0 Å². The lowest BCUT2D eigenvalue weighted by molar-refractivity contribution is -0.678. The van der Waals surface area contributed by atoms with Gasteiger partial charge in [0.15, 0.2) is 5.69 Å². The molecule has 0 fully saturated rings. The van der Waals surface area contributed by atoms with Gasteiger partial charge in [-0.3, -0.25) is 0 Å². The van der Waals surface area contributed by atoms with E-state index in [1.165, 1.54) is 29.9 Å². The van der Waals surface area contributed by atoms with Crippen LogP contribution in [-0.4, -0.2) is 4.98 Å². The van der Waals surface area contributed by atoms with Crippen molar-refractivity contribution >= 4 is 0 Å². The molecule has 0 unspecified atom stereocenters. The summed E-state index contributed by atoms with van der Waals surface area (Å²) in [6, 6.07) is 10.6. The average Bonchev–Trinajstić information content (AvgIpc) is 2.79. The van der Waals surface area contributed by atoms with Crippen LogP contribution in [0.2, 0.25) is 0 Å². The summed E-state index contributed by atoms with van der Waals surface area (Å²) < 4.78 is 2.38. The minimum atomic E-state index is 1.16. The minimum absolute atomic E-state index is 1.16. The highest BCUT2D eigenvalue weighted by Crippen LogP contribution is 2.17. The van der Waals surface area contributed by atoms with Gasteiger partial charge in [-0.25, -0.2) is 9.55 Å². The zero-order valence-electron chi connectivity index (χ0n) is 8.03. The Morgan fingerprint density at radius 1 is 1.14 bits per heavy atom. The summed E-state index contributed by atoms with van der Waals surface area (Å²) in [5.74, 6) is 1.36. The van der Waals surface area contributed by atoms with Gasteiger partial charge in [-0.2, -0.15) is 0 Å². The topological polar surface area (TPSA) is 19.7 Å². The second-order valence-corrected chi connectivity index (χ2v) is 3.74. The number of fused-ring (bicyclic) bond motifs is 1. The van der Waals surface area contributed by atoms with E-state index in [-0.39, 0.29) is 0 Å². The Labute approximate surface area is 83.2 Å². The fourth-order valence-electron chi connectivity index (χ4n) is 2.17. The SMILES string of the molecule is c1ccc(-c2c[nH]c3[n+]2CCC3)cc1. The summed E-state index contributed by atoms with van der Waals surface area (Å²) in [5.41, 5.74) is 2.62. The minimum Gasteiger partial charge on any atom is -0.247 e. The van der Waals surface area contributed by atoms with Gasteiger partial charge in [0.05, 0.1) is 13.0 Å². The van der Waals surface area contributed by atoms with Crippen LogP contribution in [0.4, 0.5) is 0 Å². The third kappa shape index (κ3) is 1.07. The molecule has 0 spiro atoms. The number of aryl methyl sites for hydroxylation is 1. The zero-order valence-corrected chi connectivity index (χ0v) is 8.03. The van der Waals surface area contributed by atoms with Gasteiger partial charge in [0.2, 0.25) is 0 Å². The Morgan fingerprint density at radius 3 is 2.86 bits per heavy atom. The molecule has 0 radical (unpaired) electrons. The van der Waals surface area contributed by atoms with E-state index in [4.69, 9.17) is 0 Å². The molecule has 2 nitrogen and oxygen atoms in total. The number of nitrogens with zero attached hydrogens (tertiary/aromatic N) is 1. The van der Waals surface area contributed by atoms with Crippen molar-refractivity contribution < 1.29 is 4.57 Å². The van der Waals surface area contributed by atoms with Crippen molar-refractivity contribution in [2.75, 3.05) is 0 Å². The van der Waals surface area contributed by atoms with Crippen LogP contribution < -0.4 is 4.57 Å². The smallest absolute Gasteiger partial charge is 0.247 e. The van der Waals surface area contributed by atoms with Crippen molar-refractivity contribution in [1.29, 1.82) is 0 Å². The summed E-state index contributed by atoms with van der Waals surface area (Å²) in [5, 5.41) is 0. The molecule has 2 heterocycles. The summed E-state index contributed by atoms with van der Waals surface area (Å²) in [7, 11) is 0. The number of nitrogens with one attached hydrogen (secondary N) is 1. The predicted octanol–water partition coefficient (Wildman–Crippen LogP) is 1.92. The maximum atomic E-state index is 3.35. The molecule has 70 valence electrons. The number of hydrogen-bond acceptors (Lipinski definition) is 0. The van der Waals surface area contributed by atoms with Gasteiger partial charge in [0.1, 0.15) is 6.20 Å². The average molecular weight is 185 g/mol. The molecule has 0 amide bonds. The summed E-state index contributed by atoms with van der Waals surface area (Å²) in [6.45, 7) is 1.16. The molecule has 3 rings (SSSR count). The Bertz CT molecular complexity index is 443. The Kier molecular flexibility index (Phi) is 1.66. The molecular formula is C12H13N2+. The molecule has 1 aliphatic heterocycles. The first-order valence-electron chi connectivity index (χ1n) is 5.11. The van der Waals surface area contributed by atoms with Crippen LogP contribution in [0.1, 0.15) is 12.2 Å². The van der Waals surface area contributed by atoms with Gasteiger partial charge in [-0.15, -0.1) is 0 Å². The quantitative estimate of drug-likeness (QED) is 0.655. The van der Waals surface area contributed by atoms with Gasteiger partial charge in [0, 0.05) is 5.56 Å². The van der Waals surface area contributed by atoms with Crippen LogP contribution in [0.5, 0.6) is 0 Å². The number of H-pyrrole nitrogens is 1. The molecule has 0 saturated carbocycles. The number of rotatable bonds is 1. The molecule has 2 aromatic rings. The Balaban J connectivity index is 2.13. The molecular weight excluding hydrogens is 172 g/mol. The van der Waals surface area contributed by atoms with Crippen LogP contribution in [0.15, 0.2) is 36.5 Å². The van der Waals surface area contributed by atoms with Crippen LogP contribution in [-0.2, 0) is 13.0 Å². The lowest BCUT2D eigenvalue weighted by Crippen LogP contribution is -2.32. The van der Waals surface area contributed by atoms with E-state index < -0.39 is 0 Å². The van der Waals surface area contributed by atoms with Crippen molar-refractivity contribution in [3.63, 3.8) is 0 Å². The van der Waals surface area contributed by atoms with Crippen molar-refractivity contribution in [3.8, 4) is 11.3 Å². The molecule has 0 saturated heterocycles. The standard InChI is InChI=1S/C12H12N2/c1-2-5-10(6-3-1)11-9-13-12-7-4-8-14(11)12/h1-3,5-6,9H,4,7-8H2/p+1. The van der Waals surface area contributed by atoms with E-state index in [2.05, 4.69) is 46.1 Å². The largest absolute Gasteiger partial charge is 0.254 e. The maximum Gasteiger partial charge on any atom is 0.254 e. The third-order valence-electron chi connectivity index (χ3n) is 2.86. The highest BCUT2D eigenvalue weighted by molar-refractivity contribution is 5.54. The van der Waals surface area contributed by atoms with Crippen molar-refractivity contribution in [2.24, 2.45) is 0 Å². The number of hydrogen-bond donors (Lipinski definition) is 1. The number of aromatic amines is 1. The zero-order chi connectivity index (χ0) is 9.38. The van der Waals surface area contributed by atoms with Gasteiger partial charge in [-0.05, 0) is 6.42 Å². The lowest BCUT2D eigenvalue weighted by Gasteiger charge is -1.97. The molecule has 1 aromatic carbocycles. The van der Waals surface area contributed by atoms with E-state index >= 15 is 0 Å². The molecule has 0 aliphatic carbocycles. The summed E-state index contributed by atoms with van der Waals surface area (Å²) >= 11 is 0. The third-order valence-corrected chi connectivity index (χ3v) is 2.86. The molecule has 1 aromatic heterocycles. The number of imidazole rings is 1. The van der Waals surface area contributed by atoms with Crippen molar-refractivity contribution in [3.05, 3.63) is 42.4 Å². The molecule has 14 heavy (non-hydrogen) atoms. The highest BCUT2D eigenvalue weighted by atomic mass is 15.1. The monoisotopic (exact) mass is 185 g/mol. The maximum absolute atomic E-state index is 3.35. The van der Waals surface area contributed by atoms with Crippen LogP contribution in [0.3, 0.4) is 0 Å². The molecule has 0 bridgehead atoms. The first-order valence-corrected chi connectivity index (χ1v) is 5.11. The first-order chi connectivity index (χ1) is 6.95. The Morgan fingerprint density at radius 2 is 2.00 bits per heavy atom. The van der Waals surface area contributed by atoms with E-state index in [0.29, 0.717) is 0 Å². The van der Waals surface area contributed by atoms with Crippen LogP contribution in [0.25, 0.3) is 11.3 Å². The lowest BCUT2D eigenvalue weighted by atomic mass is 10.2. The van der Waals surface area contributed by atoms with Crippen molar-refractivity contribution in [1.82, 2.24) is 4.98 Å². The van der Waals surface area contributed by atoms with E-state index in [1.54, 1.807) is 0 Å². The van der Waals surface area contributed by atoms with Crippen LogP contribution >= 0.6 is 0 Å². The Hall–Kier alpha value is -1.57. The van der Waals surface area contributed by atoms with E-state index in [0.717, 1.165) is 6.54 Å². The number of benzene rings is 1. The first kappa shape index (κ1) is 7.80. The number of aromatic nitrogens is 2. The van der Waals surface area contributed by atoms with Crippen LogP contribution in [0, 0.1) is 0 Å². The molecule has 0 atom stereocenters. The summed E-state index contributed by atoms with van der Waals surface area (Å²) in [6.07, 6.45) is 4.57. The normalized spacial score (nSPS) is 14.3. The fraction of sp³-hybridized carbons (Fsp3) is 0.250. The molecule has 2 heteroatoms. The van der Waals surface area contributed by atoms with Gasteiger partial charge in [0.25, 0.3) is 5.82 Å². The second kappa shape index (κ2) is 2.98. The predicted molar refractivity (Wildman–Crippen MR) is 54.7 cm³/mol. The highest BCUT2D eigenvalue weighted by Gasteiger charge is 2.23. The van der Waals surface area contributed by atoms with E-state index in [9.17, 15) is 0 Å². The molecule has 1 N–H and O–H groups in total. The fourth-order valence-corrected chi connectivity index (χ4v) is 2.17. The van der Waals surface area contributed by atoms with Crippen molar-refractivity contribution in [2.45, 2.75) is 19.4 Å². The summed E-state index contributed by atoms with van der Waals surface area (Å²) in [4.78, 5) is 3.35. The second-order valence-electron chi connectivity index (χ2n) is 3.74. The van der Waals surface area contributed by atoms with Gasteiger partial charge >= 0.3 is 0 Å². The van der Waals surface area contributed by atoms with Gasteiger partial charge in [-0.1, -0.05) is 30.3 Å².